The number of hydrogen-bond donors (Lipinski definition) is 1. The summed E-state index contributed by atoms with van der Waals surface area (Å²) in [6.45, 7) is 5.52. The summed E-state index contributed by atoms with van der Waals surface area (Å²) >= 11 is 7.33. The zero-order valence-corrected chi connectivity index (χ0v) is 14.6. The van der Waals surface area contributed by atoms with Gasteiger partial charge in [0.05, 0.1) is 3.79 Å². The average molecular weight is 358 g/mol. The molecule has 0 amide bonds. The van der Waals surface area contributed by atoms with Gasteiger partial charge in [-0.05, 0) is 59.6 Å². The summed E-state index contributed by atoms with van der Waals surface area (Å²) < 4.78 is 1.22. The maximum Gasteiger partial charge on any atom is 0.0701 e. The van der Waals surface area contributed by atoms with Crippen LogP contribution in [0.3, 0.4) is 0 Å². The van der Waals surface area contributed by atoms with Crippen LogP contribution in [-0.4, -0.2) is 6.54 Å². The van der Waals surface area contributed by atoms with Gasteiger partial charge in [0.15, 0.2) is 0 Å². The van der Waals surface area contributed by atoms with Gasteiger partial charge in [-0.2, -0.15) is 0 Å². The highest BCUT2D eigenvalue weighted by atomic mass is 79.9. The van der Waals surface area contributed by atoms with Gasteiger partial charge in [0, 0.05) is 27.1 Å². The molecule has 0 aliphatic carbocycles. The summed E-state index contributed by atoms with van der Waals surface area (Å²) in [5, 5.41) is 3.68. The Morgan fingerprint density at radius 1 is 1.11 bits per heavy atom. The highest BCUT2D eigenvalue weighted by Gasteiger charge is 2.14. The summed E-state index contributed by atoms with van der Waals surface area (Å²) in [5.41, 5.74) is 0. The molecule has 0 radical (unpaired) electrons. The van der Waals surface area contributed by atoms with Crippen LogP contribution in [0.15, 0.2) is 28.1 Å². The molecule has 0 saturated heterocycles. The normalized spacial score (nSPS) is 12.8. The molecule has 4 heteroatoms. The number of thiophene rings is 2. The van der Waals surface area contributed by atoms with Crippen LogP contribution in [0, 0.1) is 0 Å². The minimum absolute atomic E-state index is 0.454. The molecule has 0 aromatic carbocycles. The van der Waals surface area contributed by atoms with Gasteiger partial charge < -0.3 is 5.32 Å². The van der Waals surface area contributed by atoms with Gasteiger partial charge in [-0.15, -0.1) is 22.7 Å². The van der Waals surface area contributed by atoms with Crippen LogP contribution in [0.2, 0.25) is 0 Å². The fraction of sp³-hybridized carbons (Fsp3) is 0.467. The topological polar surface area (TPSA) is 12.0 Å². The van der Waals surface area contributed by atoms with Crippen molar-refractivity contribution in [3.63, 3.8) is 0 Å². The van der Waals surface area contributed by atoms with Gasteiger partial charge >= 0.3 is 0 Å². The molecule has 0 bridgehead atoms. The number of halogens is 1. The smallest absolute Gasteiger partial charge is 0.0701 e. The number of rotatable bonds is 7. The van der Waals surface area contributed by atoms with Crippen LogP contribution in [-0.2, 0) is 12.8 Å². The molecule has 0 aliphatic heterocycles. The maximum atomic E-state index is 3.68. The molecule has 0 fully saturated rings. The third-order valence-electron chi connectivity index (χ3n) is 3.05. The van der Waals surface area contributed by atoms with Crippen molar-refractivity contribution < 1.29 is 0 Å². The Balaban J connectivity index is 2.10. The molecule has 19 heavy (non-hydrogen) atoms. The average Bonchev–Trinajstić information content (AvgIpc) is 3.03. The van der Waals surface area contributed by atoms with Crippen molar-refractivity contribution in [2.75, 3.05) is 6.54 Å². The number of aryl methyl sites for hydroxylation is 1. The largest absolute Gasteiger partial charge is 0.309 e. The van der Waals surface area contributed by atoms with E-state index in [1.807, 2.05) is 22.7 Å². The molecule has 0 spiro atoms. The molecule has 1 nitrogen and oxygen atoms in total. The molecule has 0 aliphatic rings. The molecule has 0 saturated carbocycles. The third-order valence-corrected chi connectivity index (χ3v) is 6.04. The van der Waals surface area contributed by atoms with Gasteiger partial charge in [0.25, 0.3) is 0 Å². The number of nitrogens with one attached hydrogen (secondary N) is 1. The summed E-state index contributed by atoms with van der Waals surface area (Å²) in [4.78, 5) is 4.38. The first-order valence-electron chi connectivity index (χ1n) is 6.79. The van der Waals surface area contributed by atoms with Crippen LogP contribution in [0.25, 0.3) is 0 Å². The highest BCUT2D eigenvalue weighted by Crippen LogP contribution is 2.30. The van der Waals surface area contributed by atoms with E-state index in [9.17, 15) is 0 Å². The van der Waals surface area contributed by atoms with Crippen LogP contribution in [0.4, 0.5) is 0 Å². The van der Waals surface area contributed by atoms with Crippen molar-refractivity contribution in [3.05, 3.63) is 42.7 Å². The van der Waals surface area contributed by atoms with Gasteiger partial charge in [0.2, 0.25) is 0 Å². The molecule has 1 unspecified atom stereocenters. The lowest BCUT2D eigenvalue weighted by Gasteiger charge is -2.16. The molecule has 2 heterocycles. The first kappa shape index (κ1) is 15.2. The Kier molecular flexibility index (Phi) is 6.07. The van der Waals surface area contributed by atoms with Gasteiger partial charge in [-0.25, -0.2) is 0 Å². The van der Waals surface area contributed by atoms with Crippen LogP contribution < -0.4 is 5.32 Å². The van der Waals surface area contributed by atoms with Gasteiger partial charge in [-0.3, -0.25) is 0 Å². The number of hydrogen-bond acceptors (Lipinski definition) is 3. The standard InChI is InChI=1S/C15H20BrNS2/c1-3-9-17-13(10-12-6-8-15(16)19-12)14-7-5-11(4-2)18-14/h5-8,13,17H,3-4,9-10H2,1-2H3. The van der Waals surface area contributed by atoms with Crippen LogP contribution >= 0.6 is 38.6 Å². The van der Waals surface area contributed by atoms with Crippen molar-refractivity contribution in [2.45, 2.75) is 39.2 Å². The van der Waals surface area contributed by atoms with Crippen molar-refractivity contribution >= 4 is 38.6 Å². The van der Waals surface area contributed by atoms with E-state index in [-0.39, 0.29) is 0 Å². The molecule has 2 rings (SSSR count). The van der Waals surface area contributed by atoms with Crippen molar-refractivity contribution in [1.82, 2.24) is 5.32 Å². The second-order valence-corrected chi connectivity index (χ2v) is 8.32. The highest BCUT2D eigenvalue weighted by molar-refractivity contribution is 9.11. The van der Waals surface area contributed by atoms with Crippen molar-refractivity contribution in [1.29, 1.82) is 0 Å². The molecular weight excluding hydrogens is 338 g/mol. The van der Waals surface area contributed by atoms with E-state index < -0.39 is 0 Å². The summed E-state index contributed by atoms with van der Waals surface area (Å²) in [5.74, 6) is 0. The van der Waals surface area contributed by atoms with E-state index in [1.54, 1.807) is 0 Å². The second kappa shape index (κ2) is 7.58. The fourth-order valence-corrected chi connectivity index (χ4v) is 4.58. The SMILES string of the molecule is CCCNC(Cc1ccc(Br)s1)c1ccc(CC)s1. The summed E-state index contributed by atoms with van der Waals surface area (Å²) in [6, 6.07) is 9.38. The van der Waals surface area contributed by atoms with Gasteiger partial charge in [-0.1, -0.05) is 13.8 Å². The Hall–Kier alpha value is -0.160. The second-order valence-electron chi connectivity index (χ2n) is 4.57. The Morgan fingerprint density at radius 3 is 2.47 bits per heavy atom. The zero-order valence-electron chi connectivity index (χ0n) is 11.4. The molecule has 1 atom stereocenters. The van der Waals surface area contributed by atoms with Crippen molar-refractivity contribution in [2.24, 2.45) is 0 Å². The summed E-state index contributed by atoms with van der Waals surface area (Å²) in [7, 11) is 0. The Morgan fingerprint density at radius 2 is 1.89 bits per heavy atom. The minimum atomic E-state index is 0.454. The summed E-state index contributed by atoms with van der Waals surface area (Å²) in [6.07, 6.45) is 3.40. The minimum Gasteiger partial charge on any atom is -0.309 e. The lowest BCUT2D eigenvalue weighted by molar-refractivity contribution is 0.539. The quantitative estimate of drug-likeness (QED) is 0.697. The molecule has 2 aromatic heterocycles. The van der Waals surface area contributed by atoms with E-state index in [0.717, 1.165) is 19.4 Å². The first-order valence-corrected chi connectivity index (χ1v) is 9.21. The van der Waals surface area contributed by atoms with E-state index in [2.05, 4.69) is 59.4 Å². The molecule has 104 valence electrons. The molecule has 2 aromatic rings. The van der Waals surface area contributed by atoms with Gasteiger partial charge in [0.1, 0.15) is 0 Å². The van der Waals surface area contributed by atoms with E-state index >= 15 is 0 Å². The third kappa shape index (κ3) is 4.42. The fourth-order valence-electron chi connectivity index (χ4n) is 2.03. The molecular formula is C15H20BrNS2. The van der Waals surface area contributed by atoms with E-state index in [0.29, 0.717) is 6.04 Å². The Bertz CT molecular complexity index is 504. The van der Waals surface area contributed by atoms with E-state index in [1.165, 1.54) is 24.8 Å². The maximum absolute atomic E-state index is 3.68. The van der Waals surface area contributed by atoms with Crippen LogP contribution in [0.1, 0.15) is 40.9 Å². The monoisotopic (exact) mass is 357 g/mol. The lowest BCUT2D eigenvalue weighted by atomic mass is 10.1. The predicted molar refractivity (Wildman–Crippen MR) is 90.5 cm³/mol. The lowest BCUT2D eigenvalue weighted by Crippen LogP contribution is -2.22. The molecule has 1 N–H and O–H groups in total. The van der Waals surface area contributed by atoms with E-state index in [4.69, 9.17) is 0 Å². The Labute approximate surface area is 132 Å². The van der Waals surface area contributed by atoms with Crippen molar-refractivity contribution in [3.8, 4) is 0 Å². The van der Waals surface area contributed by atoms with Crippen LogP contribution in [0.5, 0.6) is 0 Å². The predicted octanol–water partition coefficient (Wildman–Crippen LogP) is 5.42. The zero-order chi connectivity index (χ0) is 13.7. The first-order chi connectivity index (χ1) is 9.22.